The van der Waals surface area contributed by atoms with Gasteiger partial charge in [-0.1, -0.05) is 11.6 Å². The average molecular weight is 244 g/mol. The molecule has 2 N–H and O–H groups in total. The number of rotatable bonds is 1. The number of thiophene rings is 1. The standard InChI is InChI=1S/C11H14ClNOS/c12-10-4-3-9(15-10)11(14)5-7-1-2-8(6-11)13-7/h3-4,7-8,13-14H,1-2,5-6H2. The molecule has 0 aliphatic carbocycles. The van der Waals surface area contributed by atoms with Crippen molar-refractivity contribution in [1.82, 2.24) is 5.32 Å². The molecule has 2 fully saturated rings. The van der Waals surface area contributed by atoms with Gasteiger partial charge in [0.05, 0.1) is 4.34 Å². The second-order valence-corrected chi connectivity index (χ2v) is 6.40. The highest BCUT2D eigenvalue weighted by Crippen LogP contribution is 2.43. The highest BCUT2D eigenvalue weighted by molar-refractivity contribution is 7.16. The molecule has 2 nitrogen and oxygen atoms in total. The number of halogens is 1. The van der Waals surface area contributed by atoms with Crippen LogP contribution >= 0.6 is 22.9 Å². The smallest absolute Gasteiger partial charge is 0.102 e. The van der Waals surface area contributed by atoms with Crippen LogP contribution in [0, 0.1) is 0 Å². The van der Waals surface area contributed by atoms with Crippen LogP contribution in [0.25, 0.3) is 0 Å². The van der Waals surface area contributed by atoms with Gasteiger partial charge in [-0.25, -0.2) is 0 Å². The first kappa shape index (κ1) is 10.1. The number of hydrogen-bond acceptors (Lipinski definition) is 3. The molecule has 2 bridgehead atoms. The number of nitrogens with one attached hydrogen (secondary N) is 1. The molecule has 15 heavy (non-hydrogen) atoms. The van der Waals surface area contributed by atoms with Gasteiger partial charge in [0.1, 0.15) is 5.60 Å². The zero-order valence-corrected chi connectivity index (χ0v) is 9.94. The fraction of sp³-hybridized carbons (Fsp3) is 0.636. The van der Waals surface area contributed by atoms with Crippen molar-refractivity contribution in [3.63, 3.8) is 0 Å². The zero-order chi connectivity index (χ0) is 10.5. The third kappa shape index (κ3) is 1.72. The van der Waals surface area contributed by atoms with Gasteiger partial charge in [0.15, 0.2) is 0 Å². The summed E-state index contributed by atoms with van der Waals surface area (Å²) in [4.78, 5) is 1.03. The van der Waals surface area contributed by atoms with Crippen molar-refractivity contribution in [1.29, 1.82) is 0 Å². The topological polar surface area (TPSA) is 32.3 Å². The first-order valence-corrected chi connectivity index (χ1v) is 6.59. The minimum absolute atomic E-state index is 0.495. The number of piperidine rings is 1. The maximum absolute atomic E-state index is 10.6. The minimum Gasteiger partial charge on any atom is -0.384 e. The Bertz CT molecular complexity index is 366. The number of fused-ring (bicyclic) bond motifs is 2. The van der Waals surface area contributed by atoms with E-state index in [9.17, 15) is 5.11 Å². The highest BCUT2D eigenvalue weighted by atomic mass is 35.5. The first-order valence-electron chi connectivity index (χ1n) is 5.40. The molecule has 2 atom stereocenters. The van der Waals surface area contributed by atoms with Crippen molar-refractivity contribution in [2.45, 2.75) is 43.4 Å². The summed E-state index contributed by atoms with van der Waals surface area (Å²) >= 11 is 7.43. The average Bonchev–Trinajstić information content (AvgIpc) is 2.74. The van der Waals surface area contributed by atoms with Crippen molar-refractivity contribution in [2.24, 2.45) is 0 Å². The van der Waals surface area contributed by atoms with Gasteiger partial charge in [-0.15, -0.1) is 11.3 Å². The molecule has 82 valence electrons. The summed E-state index contributed by atoms with van der Waals surface area (Å²) in [6.07, 6.45) is 4.07. The molecular formula is C11H14ClNOS. The van der Waals surface area contributed by atoms with E-state index in [4.69, 9.17) is 11.6 Å². The van der Waals surface area contributed by atoms with E-state index >= 15 is 0 Å². The molecule has 0 amide bonds. The van der Waals surface area contributed by atoms with E-state index in [1.807, 2.05) is 12.1 Å². The van der Waals surface area contributed by atoms with Crippen molar-refractivity contribution in [2.75, 3.05) is 0 Å². The van der Waals surface area contributed by atoms with Crippen LogP contribution in [0.5, 0.6) is 0 Å². The molecule has 3 rings (SSSR count). The predicted octanol–water partition coefficient (Wildman–Crippen LogP) is 2.50. The minimum atomic E-state index is -0.630. The Morgan fingerprint density at radius 2 is 2.00 bits per heavy atom. The van der Waals surface area contributed by atoms with E-state index in [2.05, 4.69) is 5.32 Å². The Labute approximate surface area is 98.3 Å². The Morgan fingerprint density at radius 1 is 1.33 bits per heavy atom. The maximum Gasteiger partial charge on any atom is 0.102 e. The largest absolute Gasteiger partial charge is 0.384 e. The van der Waals surface area contributed by atoms with Crippen LogP contribution in [-0.4, -0.2) is 17.2 Å². The van der Waals surface area contributed by atoms with Gasteiger partial charge in [-0.3, -0.25) is 0 Å². The lowest BCUT2D eigenvalue weighted by atomic mass is 9.86. The zero-order valence-electron chi connectivity index (χ0n) is 8.37. The van der Waals surface area contributed by atoms with Crippen LogP contribution < -0.4 is 5.32 Å². The summed E-state index contributed by atoms with van der Waals surface area (Å²) < 4.78 is 0.768. The van der Waals surface area contributed by atoms with E-state index in [1.54, 1.807) is 0 Å². The van der Waals surface area contributed by atoms with Gasteiger partial charge in [0.2, 0.25) is 0 Å². The fourth-order valence-corrected chi connectivity index (χ4v) is 4.04. The Balaban J connectivity index is 1.90. The summed E-state index contributed by atoms with van der Waals surface area (Å²) in [6.45, 7) is 0. The Morgan fingerprint density at radius 3 is 2.53 bits per heavy atom. The van der Waals surface area contributed by atoms with E-state index in [0.717, 1.165) is 22.1 Å². The molecule has 0 saturated carbocycles. The van der Waals surface area contributed by atoms with Gasteiger partial charge >= 0.3 is 0 Å². The fourth-order valence-electron chi connectivity index (χ4n) is 2.89. The Hall–Kier alpha value is -0.0900. The number of hydrogen-bond donors (Lipinski definition) is 2. The van der Waals surface area contributed by atoms with Gasteiger partial charge in [0.25, 0.3) is 0 Å². The molecule has 0 radical (unpaired) electrons. The van der Waals surface area contributed by atoms with Crippen LogP contribution in [0.2, 0.25) is 4.34 Å². The normalized spacial score (nSPS) is 39.6. The SMILES string of the molecule is OC1(c2ccc(Cl)s2)CC2CCC(C1)N2. The van der Waals surface area contributed by atoms with Crippen molar-refractivity contribution < 1.29 is 5.11 Å². The lowest BCUT2D eigenvalue weighted by Crippen LogP contribution is -2.46. The molecule has 1 aromatic heterocycles. The Kier molecular flexibility index (Phi) is 2.32. The summed E-state index contributed by atoms with van der Waals surface area (Å²) in [5.74, 6) is 0. The third-order valence-corrected chi connectivity index (χ3v) is 4.96. The van der Waals surface area contributed by atoms with Crippen molar-refractivity contribution in [3.05, 3.63) is 21.3 Å². The van der Waals surface area contributed by atoms with Gasteiger partial charge in [0, 0.05) is 17.0 Å². The lowest BCUT2D eigenvalue weighted by Gasteiger charge is -2.36. The quantitative estimate of drug-likeness (QED) is 0.795. The molecule has 0 aromatic carbocycles. The molecule has 2 aliphatic rings. The van der Waals surface area contributed by atoms with Gasteiger partial charge in [-0.2, -0.15) is 0 Å². The summed E-state index contributed by atoms with van der Waals surface area (Å²) in [6, 6.07) is 4.84. The monoisotopic (exact) mass is 243 g/mol. The van der Waals surface area contributed by atoms with Crippen LogP contribution in [0.4, 0.5) is 0 Å². The molecule has 2 unspecified atom stereocenters. The van der Waals surface area contributed by atoms with Gasteiger partial charge < -0.3 is 10.4 Å². The summed E-state index contributed by atoms with van der Waals surface area (Å²) in [7, 11) is 0. The van der Waals surface area contributed by atoms with Gasteiger partial charge in [-0.05, 0) is 37.8 Å². The van der Waals surface area contributed by atoms with E-state index < -0.39 is 5.60 Å². The van der Waals surface area contributed by atoms with Crippen LogP contribution in [0.3, 0.4) is 0 Å². The number of aliphatic hydroxyl groups is 1. The second-order valence-electron chi connectivity index (χ2n) is 4.68. The molecule has 4 heteroatoms. The second kappa shape index (κ2) is 3.45. The van der Waals surface area contributed by atoms with Crippen LogP contribution in [0.15, 0.2) is 12.1 Å². The first-order chi connectivity index (χ1) is 7.16. The van der Waals surface area contributed by atoms with E-state index in [0.29, 0.717) is 12.1 Å². The third-order valence-electron chi connectivity index (χ3n) is 3.54. The molecule has 2 aliphatic heterocycles. The van der Waals surface area contributed by atoms with Crippen LogP contribution in [0.1, 0.15) is 30.6 Å². The predicted molar refractivity (Wildman–Crippen MR) is 62.4 cm³/mol. The lowest BCUT2D eigenvalue weighted by molar-refractivity contribution is -0.00811. The van der Waals surface area contributed by atoms with E-state index in [1.165, 1.54) is 24.2 Å². The summed E-state index contributed by atoms with van der Waals surface area (Å²) in [5, 5.41) is 14.2. The maximum atomic E-state index is 10.6. The molecular weight excluding hydrogens is 230 g/mol. The highest BCUT2D eigenvalue weighted by Gasteiger charge is 2.44. The molecule has 2 saturated heterocycles. The summed E-state index contributed by atoms with van der Waals surface area (Å²) in [5.41, 5.74) is -0.630. The van der Waals surface area contributed by atoms with Crippen molar-refractivity contribution >= 4 is 22.9 Å². The molecule has 3 heterocycles. The molecule has 1 aromatic rings. The molecule has 0 spiro atoms. The van der Waals surface area contributed by atoms with Crippen molar-refractivity contribution in [3.8, 4) is 0 Å². The van der Waals surface area contributed by atoms with E-state index in [-0.39, 0.29) is 0 Å². The van der Waals surface area contributed by atoms with Crippen LogP contribution in [-0.2, 0) is 5.60 Å².